The largest absolute Gasteiger partial charge is 0.741 e. The number of alkyl halides is 9. The molecule has 2 aliphatic rings. The van der Waals surface area contributed by atoms with Gasteiger partial charge in [-0.05, 0) is 99.1 Å². The number of amides is 1. The zero-order valence-corrected chi connectivity index (χ0v) is 72.3. The minimum Gasteiger partial charge on any atom is -0.741 e. The van der Waals surface area contributed by atoms with Crippen molar-refractivity contribution in [1.82, 2.24) is 15.4 Å². The van der Waals surface area contributed by atoms with Gasteiger partial charge in [-0.15, -0.1) is 26.7 Å². The standard InChI is InChI=1S/C22H19NO2.C22H18NO2.C21H18N2O2.C15H11NO2.C14H9NO2.C2F6O5S2.CHF3O3S/c2*1-25-22(24)21-17-11-5-7-13-19(17)23(15-16-9-3-2-4-10-16)20-14-8-6-12-18(20)21;24-21(22-25)20-16-10-4-6-12-18(16)23(14-15-8-2-1-3-9-15)19-13-7-5-11-17(19)20;1-18-15(17)14-10-6-2-4-8-12(10)16-13-9-5-3-7-11(13)14;16-14(17)13-9-5-1-3-7-11(9)15-12-8-4-2-6-10(12)13;3-1(4,5)9-11-15-13-10-12-14-2(6,7)8;2-1(3,4)8(5,6)7/h2-14,21H,15H2,1H3;2-14H,15H2,1H3;1-13,20,25H,14H2,(H,22,24);2-9H,1H3;1-8H,(H,16,17);;(H,5,6,7)/q;+1;;;;;/p-1. The van der Waals surface area contributed by atoms with E-state index < -0.39 is 69.7 Å². The molecular formula is C97H75F9N6O18S3. The second kappa shape index (κ2) is 44.9. The van der Waals surface area contributed by atoms with Crippen LogP contribution in [0.1, 0.15) is 81.9 Å². The topological polar surface area (TPSA) is 305 Å². The third-order valence-electron chi connectivity index (χ3n) is 20.3. The molecule has 13 aromatic carbocycles. The molecule has 0 fully saturated rings. The van der Waals surface area contributed by atoms with E-state index in [1.807, 2.05) is 266 Å². The van der Waals surface area contributed by atoms with E-state index >= 15 is 0 Å². The number of methoxy groups -OCH3 is 3. The number of carbonyl (C=O) groups excluding carboxylic acids is 4. The molecule has 16 aromatic rings. The summed E-state index contributed by atoms with van der Waals surface area (Å²) in [5, 5.41) is 26.7. The lowest BCUT2D eigenvalue weighted by molar-refractivity contribution is -0.635. The van der Waals surface area contributed by atoms with Gasteiger partial charge in [-0.25, -0.2) is 38.2 Å². The first-order valence-electron chi connectivity index (χ1n) is 39.6. The maximum Gasteiger partial charge on any atom is 0.550 e. The number of hydrogen-bond donors (Lipinski definition) is 3. The Morgan fingerprint density at radius 1 is 0.414 bits per heavy atom. The predicted molar refractivity (Wildman–Crippen MR) is 480 cm³/mol. The molecule has 0 bridgehead atoms. The number of ether oxygens (including phenoxy) is 3. The van der Waals surface area contributed by atoms with Gasteiger partial charge in [-0.3, -0.25) is 14.8 Å². The van der Waals surface area contributed by atoms with E-state index in [2.05, 4.69) is 108 Å². The Kier molecular flexibility index (Phi) is 33.0. The van der Waals surface area contributed by atoms with E-state index in [0.29, 0.717) is 45.0 Å². The van der Waals surface area contributed by atoms with Crippen molar-refractivity contribution >= 4 is 152 Å². The van der Waals surface area contributed by atoms with Gasteiger partial charge in [-0.2, -0.15) is 30.9 Å². The summed E-state index contributed by atoms with van der Waals surface area (Å²) in [6.07, 6.45) is -5.07. The number of hydrogen-bond acceptors (Lipinski definition) is 23. The maximum atomic E-state index is 12.5. The second-order valence-electron chi connectivity index (χ2n) is 28.4. The van der Waals surface area contributed by atoms with E-state index in [1.54, 1.807) is 12.1 Å². The number of fused-ring (bicyclic) bond motifs is 10. The van der Waals surface area contributed by atoms with E-state index in [4.69, 9.17) is 27.2 Å². The number of halogens is 9. The van der Waals surface area contributed by atoms with Crippen LogP contribution in [0.25, 0.3) is 65.4 Å². The average molecular weight is 1880 g/mol. The number of anilines is 4. The van der Waals surface area contributed by atoms with E-state index in [9.17, 15) is 73.8 Å². The second-order valence-corrected chi connectivity index (χ2v) is 30.9. The van der Waals surface area contributed by atoms with E-state index in [0.717, 1.165) is 102 Å². The van der Waals surface area contributed by atoms with Crippen LogP contribution in [0.5, 0.6) is 0 Å². The van der Waals surface area contributed by atoms with Gasteiger partial charge in [0.25, 0.3) is 5.91 Å². The molecule has 0 saturated carbocycles. The Labute approximate surface area is 761 Å². The number of para-hydroxylation sites is 10. The minimum absolute atomic E-state index is 0.223. The molecule has 18 rings (SSSR count). The number of carbonyl (C=O) groups is 5. The molecule has 0 spiro atoms. The molecule has 3 N–H and O–H groups in total. The molecule has 3 aromatic heterocycles. The summed E-state index contributed by atoms with van der Waals surface area (Å²) in [7, 11) is -1.82. The van der Waals surface area contributed by atoms with Crippen LogP contribution in [0.4, 0.5) is 62.3 Å². The molecule has 0 radical (unpaired) electrons. The Morgan fingerprint density at radius 3 is 1.07 bits per heavy atom. The number of nitrogens with zero attached hydrogens (tertiary/aromatic N) is 5. The van der Waals surface area contributed by atoms with Crippen LogP contribution in [0, 0.1) is 0 Å². The molecule has 0 aliphatic carbocycles. The fourth-order valence-corrected chi connectivity index (χ4v) is 15.2. The molecule has 0 unspecified atom stereocenters. The lowest BCUT2D eigenvalue weighted by atomic mass is 9.84. The van der Waals surface area contributed by atoms with Gasteiger partial charge in [0.05, 0.1) is 76.8 Å². The van der Waals surface area contributed by atoms with Crippen molar-refractivity contribution in [2.45, 2.75) is 48.8 Å². The van der Waals surface area contributed by atoms with Crippen LogP contribution in [-0.2, 0) is 76.5 Å². The molecule has 36 heteroatoms. The van der Waals surface area contributed by atoms with Crippen molar-refractivity contribution in [3.63, 3.8) is 0 Å². The summed E-state index contributed by atoms with van der Waals surface area (Å²) in [5.41, 5.74) is 9.52. The Balaban J connectivity index is 0.000000143. The quantitative estimate of drug-likeness (QED) is 0.00620. The molecule has 5 heterocycles. The number of carboxylic acid groups (broad SMARTS) is 1. The number of benzene rings is 13. The Hall–Kier alpha value is -14.4. The lowest BCUT2D eigenvalue weighted by Gasteiger charge is -2.37. The molecule has 0 saturated heterocycles. The SMILES string of the molecule is COC(=O)C1c2ccccc2N(Cc2ccccc2)c2ccccc21.COC(=O)c1c2ccccc2[n+](Cc2ccccc2)c2ccccc12.COC(=O)c1c2ccccc2nc2ccccc12.FC(F)(F)OOSOOOSC(F)(F)F.O=C(NO)C1c2ccccc2N(Cc2ccccc2)c2ccccc21.O=C(O)c1c2ccccc2nc2ccccc12.O=S(=O)([O-])C(F)(F)F. The first-order valence-corrected chi connectivity index (χ1v) is 42.4. The van der Waals surface area contributed by atoms with Crippen molar-refractivity contribution < 1.29 is 128 Å². The highest BCUT2D eigenvalue weighted by atomic mass is 32.2. The monoisotopic (exact) mass is 1880 g/mol. The number of aromatic carboxylic acids is 1. The van der Waals surface area contributed by atoms with Crippen molar-refractivity contribution in [3.8, 4) is 0 Å². The highest BCUT2D eigenvalue weighted by molar-refractivity contribution is 7.95. The first-order chi connectivity index (χ1) is 63.9. The molecule has 24 nitrogen and oxygen atoms in total. The zero-order chi connectivity index (χ0) is 95.0. The van der Waals surface area contributed by atoms with Gasteiger partial charge in [0.1, 0.15) is 18.0 Å². The van der Waals surface area contributed by atoms with Gasteiger partial charge in [-0.1, -0.05) is 265 Å². The van der Waals surface area contributed by atoms with Crippen molar-refractivity contribution in [2.24, 2.45) is 0 Å². The number of esters is 3. The fourth-order valence-electron chi connectivity index (χ4n) is 14.8. The fraction of sp³-hybridized carbons (Fsp3) is 0.113. The van der Waals surface area contributed by atoms with Crippen molar-refractivity contribution in [3.05, 3.63) is 389 Å². The number of rotatable bonds is 17. The van der Waals surface area contributed by atoms with E-state index in [-0.39, 0.29) is 23.8 Å². The summed E-state index contributed by atoms with van der Waals surface area (Å²) in [4.78, 5) is 76.9. The van der Waals surface area contributed by atoms with Crippen LogP contribution >= 0.6 is 24.4 Å². The molecule has 0 atom stereocenters. The third kappa shape index (κ3) is 24.6. The van der Waals surface area contributed by atoms with Crippen LogP contribution in [0.3, 0.4) is 0 Å². The molecule has 133 heavy (non-hydrogen) atoms. The van der Waals surface area contributed by atoms with Gasteiger partial charge in [0.2, 0.25) is 23.4 Å². The number of nitrogens with one attached hydrogen (secondary N) is 1. The predicted octanol–water partition coefficient (Wildman–Crippen LogP) is 22.1. The summed E-state index contributed by atoms with van der Waals surface area (Å²) >= 11 is -1.62. The van der Waals surface area contributed by atoms with Crippen LogP contribution in [0.2, 0.25) is 0 Å². The van der Waals surface area contributed by atoms with Crippen LogP contribution in [-0.4, -0.2) is 102 Å². The molecule has 1 amide bonds. The first kappa shape index (κ1) is 97.6. The smallest absolute Gasteiger partial charge is 0.550 e. The highest BCUT2D eigenvalue weighted by Gasteiger charge is 2.39. The number of pyridine rings is 3. The minimum atomic E-state index is -6.09. The number of hydroxylamine groups is 1. The lowest BCUT2D eigenvalue weighted by Crippen LogP contribution is -2.37. The average Bonchev–Trinajstić information content (AvgIpc) is 0.754. The Morgan fingerprint density at radius 2 is 0.729 bits per heavy atom. The van der Waals surface area contributed by atoms with Crippen LogP contribution < -0.4 is 19.8 Å². The summed E-state index contributed by atoms with van der Waals surface area (Å²) in [5.74, 6) is -3.10. The highest BCUT2D eigenvalue weighted by Crippen LogP contribution is 2.49. The zero-order valence-electron chi connectivity index (χ0n) is 69.8. The number of carboxylic acids is 1. The molecular weight excluding hydrogens is 1800 g/mol. The summed E-state index contributed by atoms with van der Waals surface area (Å²) < 4.78 is 153. The van der Waals surface area contributed by atoms with Gasteiger partial charge in [0, 0.05) is 75.1 Å². The maximum absolute atomic E-state index is 12.5. The molecule has 682 valence electrons. The third-order valence-corrected chi connectivity index (χ3v) is 21.4. The van der Waals surface area contributed by atoms with E-state index in [1.165, 1.54) is 38.0 Å². The van der Waals surface area contributed by atoms with Gasteiger partial charge in [0.15, 0.2) is 16.7 Å². The van der Waals surface area contributed by atoms with Gasteiger partial charge >= 0.3 is 41.3 Å². The number of aromatic nitrogens is 3. The van der Waals surface area contributed by atoms with Crippen LogP contribution in [0.15, 0.2) is 334 Å². The summed E-state index contributed by atoms with van der Waals surface area (Å²) in [6, 6.07) is 109. The summed E-state index contributed by atoms with van der Waals surface area (Å²) in [6.45, 7) is 2.20. The van der Waals surface area contributed by atoms with Gasteiger partial charge < -0.3 is 33.7 Å². The van der Waals surface area contributed by atoms with Crippen molar-refractivity contribution in [2.75, 3.05) is 31.1 Å². The Bertz CT molecular complexity index is 6500. The van der Waals surface area contributed by atoms with Crippen molar-refractivity contribution in [1.29, 1.82) is 0 Å². The normalized spacial score (nSPS) is 12.1. The molecule has 2 aliphatic heterocycles.